The van der Waals surface area contributed by atoms with Gasteiger partial charge in [-0.15, -0.1) is 0 Å². The van der Waals surface area contributed by atoms with Crippen LogP contribution in [-0.4, -0.2) is 23.1 Å². The van der Waals surface area contributed by atoms with Crippen LogP contribution < -0.4 is 10.6 Å². The molecule has 0 amide bonds. The molecule has 1 aromatic heterocycles. The topological polar surface area (TPSA) is 49.8 Å². The highest BCUT2D eigenvalue weighted by molar-refractivity contribution is 5.47. The van der Waals surface area contributed by atoms with E-state index in [1.807, 2.05) is 6.92 Å². The van der Waals surface area contributed by atoms with Crippen LogP contribution in [0.2, 0.25) is 0 Å². The first kappa shape index (κ1) is 10.4. The van der Waals surface area contributed by atoms with Gasteiger partial charge in [0.1, 0.15) is 11.6 Å². The number of aromatic nitrogens is 2. The molecule has 0 radical (unpaired) electrons. The second-order valence-electron chi connectivity index (χ2n) is 3.90. The first-order valence-corrected chi connectivity index (χ1v) is 5.62. The predicted octanol–water partition coefficient (Wildman–Crippen LogP) is 1.25. The van der Waals surface area contributed by atoms with Gasteiger partial charge in [-0.1, -0.05) is 6.92 Å². The van der Waals surface area contributed by atoms with Gasteiger partial charge in [0.25, 0.3) is 0 Å². The molecule has 4 nitrogen and oxygen atoms in total. The lowest BCUT2D eigenvalue weighted by molar-refractivity contribution is 0.624. The van der Waals surface area contributed by atoms with Crippen LogP contribution in [0.25, 0.3) is 0 Å². The van der Waals surface area contributed by atoms with Crippen LogP contribution in [0.1, 0.15) is 30.4 Å². The summed E-state index contributed by atoms with van der Waals surface area (Å²) >= 11 is 0. The highest BCUT2D eigenvalue weighted by Crippen LogP contribution is 2.19. The zero-order valence-electron chi connectivity index (χ0n) is 9.43. The van der Waals surface area contributed by atoms with Crippen molar-refractivity contribution in [3.05, 3.63) is 17.1 Å². The molecule has 1 aliphatic heterocycles. The average Bonchev–Trinajstić information content (AvgIpc) is 2.25. The summed E-state index contributed by atoms with van der Waals surface area (Å²) in [6.07, 6.45) is 2.13. The van der Waals surface area contributed by atoms with E-state index in [1.165, 1.54) is 11.3 Å². The molecule has 0 fully saturated rings. The number of nitrogens with one attached hydrogen (secondary N) is 2. The summed E-state index contributed by atoms with van der Waals surface area (Å²) in [7, 11) is 0. The van der Waals surface area contributed by atoms with E-state index in [0.29, 0.717) is 0 Å². The molecule has 0 spiro atoms. The molecule has 0 atom stereocenters. The van der Waals surface area contributed by atoms with Crippen molar-refractivity contribution in [1.29, 1.82) is 0 Å². The minimum Gasteiger partial charge on any atom is -0.370 e. The van der Waals surface area contributed by atoms with E-state index in [1.54, 1.807) is 0 Å². The molecule has 0 aromatic carbocycles. The monoisotopic (exact) mass is 206 g/mol. The number of nitrogens with zero attached hydrogens (tertiary/aromatic N) is 2. The fraction of sp³-hybridized carbons (Fsp3) is 0.636. The minimum absolute atomic E-state index is 0.870. The van der Waals surface area contributed by atoms with E-state index in [-0.39, 0.29) is 0 Å². The summed E-state index contributed by atoms with van der Waals surface area (Å²) < 4.78 is 0. The number of fused-ring (bicyclic) bond motifs is 1. The Morgan fingerprint density at radius 1 is 1.40 bits per heavy atom. The molecule has 0 aliphatic carbocycles. The first-order chi connectivity index (χ1) is 7.31. The van der Waals surface area contributed by atoms with Gasteiger partial charge in [-0.2, -0.15) is 0 Å². The standard InChI is InChI=1S/C11H18N4/c1-3-5-13-11-9-7-12-6-4-10(9)14-8(2)15-11/h12H,3-7H2,1-2H3,(H,13,14,15). The Hall–Kier alpha value is -1.16. The van der Waals surface area contributed by atoms with Gasteiger partial charge in [0.05, 0.1) is 5.69 Å². The molecule has 1 aromatic rings. The van der Waals surface area contributed by atoms with Gasteiger partial charge in [0.2, 0.25) is 0 Å². The van der Waals surface area contributed by atoms with E-state index < -0.39 is 0 Å². The van der Waals surface area contributed by atoms with Gasteiger partial charge >= 0.3 is 0 Å². The quantitative estimate of drug-likeness (QED) is 0.781. The lowest BCUT2D eigenvalue weighted by Gasteiger charge is -2.19. The van der Waals surface area contributed by atoms with Crippen LogP contribution in [0, 0.1) is 6.92 Å². The molecule has 1 aliphatic rings. The summed E-state index contributed by atoms with van der Waals surface area (Å²) in [4.78, 5) is 8.95. The average molecular weight is 206 g/mol. The maximum absolute atomic E-state index is 4.49. The SMILES string of the molecule is CCCNc1nc(C)nc2c1CNCC2. The molecule has 0 saturated heterocycles. The maximum Gasteiger partial charge on any atom is 0.134 e. The lowest BCUT2D eigenvalue weighted by Crippen LogP contribution is -2.26. The largest absolute Gasteiger partial charge is 0.370 e. The van der Waals surface area contributed by atoms with Crippen molar-refractivity contribution in [3.63, 3.8) is 0 Å². The highest BCUT2D eigenvalue weighted by atomic mass is 15.0. The fourth-order valence-corrected chi connectivity index (χ4v) is 1.86. The van der Waals surface area contributed by atoms with Gasteiger partial charge in [0.15, 0.2) is 0 Å². The zero-order valence-corrected chi connectivity index (χ0v) is 9.43. The van der Waals surface area contributed by atoms with Crippen LogP contribution in [0.3, 0.4) is 0 Å². The van der Waals surface area contributed by atoms with Crippen molar-refractivity contribution in [3.8, 4) is 0 Å². The van der Waals surface area contributed by atoms with Crippen LogP contribution in [0.5, 0.6) is 0 Å². The van der Waals surface area contributed by atoms with Gasteiger partial charge in [-0.3, -0.25) is 0 Å². The molecular weight excluding hydrogens is 188 g/mol. The Balaban J connectivity index is 2.30. The minimum atomic E-state index is 0.870. The molecule has 2 N–H and O–H groups in total. The van der Waals surface area contributed by atoms with Gasteiger partial charge in [0, 0.05) is 31.6 Å². The number of hydrogen-bond donors (Lipinski definition) is 2. The Morgan fingerprint density at radius 2 is 2.27 bits per heavy atom. The second kappa shape index (κ2) is 4.57. The zero-order chi connectivity index (χ0) is 10.7. The Labute approximate surface area is 90.5 Å². The summed E-state index contributed by atoms with van der Waals surface area (Å²) in [6, 6.07) is 0. The van der Waals surface area contributed by atoms with Crippen LogP contribution in [0.15, 0.2) is 0 Å². The Kier molecular flexibility index (Phi) is 3.16. The first-order valence-electron chi connectivity index (χ1n) is 5.62. The third-order valence-electron chi connectivity index (χ3n) is 2.59. The normalized spacial score (nSPS) is 14.8. The third kappa shape index (κ3) is 2.26. The summed E-state index contributed by atoms with van der Waals surface area (Å²) in [6.45, 7) is 7.01. The van der Waals surface area contributed by atoms with Crippen molar-refractivity contribution >= 4 is 5.82 Å². The van der Waals surface area contributed by atoms with E-state index in [9.17, 15) is 0 Å². The molecule has 2 heterocycles. The molecule has 2 rings (SSSR count). The number of anilines is 1. The molecule has 0 saturated carbocycles. The summed E-state index contributed by atoms with van der Waals surface area (Å²) in [5.74, 6) is 1.89. The number of rotatable bonds is 3. The fourth-order valence-electron chi connectivity index (χ4n) is 1.86. The van der Waals surface area contributed by atoms with Crippen molar-refractivity contribution in [2.75, 3.05) is 18.4 Å². The molecule has 0 bridgehead atoms. The molecule has 82 valence electrons. The van der Waals surface area contributed by atoms with Crippen LogP contribution in [-0.2, 0) is 13.0 Å². The van der Waals surface area contributed by atoms with E-state index in [0.717, 1.165) is 44.1 Å². The molecule has 0 unspecified atom stereocenters. The van der Waals surface area contributed by atoms with Gasteiger partial charge in [-0.05, 0) is 13.3 Å². The Morgan fingerprint density at radius 3 is 3.07 bits per heavy atom. The van der Waals surface area contributed by atoms with Crippen LogP contribution >= 0.6 is 0 Å². The maximum atomic E-state index is 4.49. The van der Waals surface area contributed by atoms with Crippen molar-refractivity contribution in [2.45, 2.75) is 33.2 Å². The van der Waals surface area contributed by atoms with Crippen molar-refractivity contribution in [1.82, 2.24) is 15.3 Å². The number of hydrogen-bond acceptors (Lipinski definition) is 4. The van der Waals surface area contributed by atoms with Crippen molar-refractivity contribution in [2.24, 2.45) is 0 Å². The lowest BCUT2D eigenvalue weighted by atomic mass is 10.1. The van der Waals surface area contributed by atoms with Gasteiger partial charge < -0.3 is 10.6 Å². The van der Waals surface area contributed by atoms with E-state index in [2.05, 4.69) is 27.5 Å². The summed E-state index contributed by atoms with van der Waals surface area (Å²) in [5, 5.41) is 6.73. The Bertz CT molecular complexity index is 349. The predicted molar refractivity (Wildman–Crippen MR) is 61.0 cm³/mol. The highest BCUT2D eigenvalue weighted by Gasteiger charge is 2.15. The van der Waals surface area contributed by atoms with E-state index >= 15 is 0 Å². The van der Waals surface area contributed by atoms with Crippen LogP contribution in [0.4, 0.5) is 5.82 Å². The molecule has 4 heteroatoms. The molecule has 15 heavy (non-hydrogen) atoms. The van der Waals surface area contributed by atoms with E-state index in [4.69, 9.17) is 0 Å². The smallest absolute Gasteiger partial charge is 0.134 e. The van der Waals surface area contributed by atoms with Gasteiger partial charge in [-0.25, -0.2) is 9.97 Å². The second-order valence-corrected chi connectivity index (χ2v) is 3.90. The summed E-state index contributed by atoms with van der Waals surface area (Å²) in [5.41, 5.74) is 2.46. The third-order valence-corrected chi connectivity index (χ3v) is 2.59. The number of aryl methyl sites for hydroxylation is 1. The molecular formula is C11H18N4. The van der Waals surface area contributed by atoms with Crippen molar-refractivity contribution < 1.29 is 0 Å².